The largest absolute Gasteiger partial charge is 0.299 e. The lowest BCUT2D eigenvalue weighted by Crippen LogP contribution is -2.34. The lowest BCUT2D eigenvalue weighted by atomic mass is 9.86. The number of hydrogen-bond donors (Lipinski definition) is 0. The highest BCUT2D eigenvalue weighted by Crippen LogP contribution is 2.25. The number of rotatable bonds is 6. The van der Waals surface area contributed by atoms with Gasteiger partial charge in [0, 0.05) is 12.8 Å². The Labute approximate surface area is 154 Å². The zero-order valence-electron chi connectivity index (χ0n) is 15.4. The molecule has 0 aliphatic carbocycles. The van der Waals surface area contributed by atoms with E-state index in [4.69, 9.17) is 0 Å². The second kappa shape index (κ2) is 9.21. The van der Waals surface area contributed by atoms with Gasteiger partial charge < -0.3 is 0 Å². The zero-order chi connectivity index (χ0) is 17.0. The predicted octanol–water partition coefficient (Wildman–Crippen LogP) is 4.12. The van der Waals surface area contributed by atoms with Gasteiger partial charge >= 0.3 is 0 Å². The zero-order valence-corrected chi connectivity index (χ0v) is 17.0. The summed E-state index contributed by atoms with van der Waals surface area (Å²) in [5.41, 5.74) is 2.43. The van der Waals surface area contributed by atoms with Crippen LogP contribution in [-0.4, -0.2) is 38.4 Å². The van der Waals surface area contributed by atoms with Crippen LogP contribution < -0.4 is 0 Å². The molecule has 2 rings (SSSR count). The number of benzene rings is 1. The third kappa shape index (κ3) is 6.73. The normalized spacial score (nSPS) is 18.4. The van der Waals surface area contributed by atoms with Gasteiger partial charge in [0.1, 0.15) is 9.84 Å². The van der Waals surface area contributed by atoms with E-state index in [0.29, 0.717) is 0 Å². The molecular weight excluding hydrogens is 342 g/mol. The van der Waals surface area contributed by atoms with Crippen molar-refractivity contribution in [3.05, 3.63) is 35.4 Å². The molecule has 0 radical (unpaired) electrons. The topological polar surface area (TPSA) is 37.4 Å². The van der Waals surface area contributed by atoms with Crippen molar-refractivity contribution in [2.75, 3.05) is 25.1 Å². The Bertz CT molecular complexity index is 590. The summed E-state index contributed by atoms with van der Waals surface area (Å²) >= 11 is 0. The molecule has 5 heteroatoms. The smallest absolute Gasteiger partial charge is 0.148 e. The molecule has 24 heavy (non-hydrogen) atoms. The first kappa shape index (κ1) is 21.5. The van der Waals surface area contributed by atoms with Gasteiger partial charge in [-0.3, -0.25) is 4.90 Å². The van der Waals surface area contributed by atoms with E-state index in [9.17, 15) is 8.42 Å². The van der Waals surface area contributed by atoms with Gasteiger partial charge in [0.15, 0.2) is 0 Å². The second-order valence-electron chi connectivity index (χ2n) is 7.59. The summed E-state index contributed by atoms with van der Waals surface area (Å²) in [5.74, 6) is 1.95. The highest BCUT2D eigenvalue weighted by atomic mass is 35.5. The van der Waals surface area contributed by atoms with Crippen LogP contribution in [0.4, 0.5) is 0 Å². The van der Waals surface area contributed by atoms with Gasteiger partial charge in [-0.05, 0) is 54.8 Å². The molecule has 1 atom stereocenters. The maximum Gasteiger partial charge on any atom is 0.148 e. The average Bonchev–Trinajstić information content (AvgIpc) is 2.46. The van der Waals surface area contributed by atoms with Gasteiger partial charge in [-0.1, -0.05) is 45.0 Å². The lowest BCUT2D eigenvalue weighted by Gasteiger charge is -2.33. The van der Waals surface area contributed by atoms with Crippen molar-refractivity contribution in [1.29, 1.82) is 0 Å². The molecule has 0 aromatic heterocycles. The molecule has 138 valence electrons. The number of nitrogens with zero attached hydrogens (tertiary/aromatic N) is 1. The van der Waals surface area contributed by atoms with Crippen molar-refractivity contribution in [3.8, 4) is 0 Å². The van der Waals surface area contributed by atoms with Crippen molar-refractivity contribution < 1.29 is 8.42 Å². The highest BCUT2D eigenvalue weighted by molar-refractivity contribution is 7.90. The lowest BCUT2D eigenvalue weighted by molar-refractivity contribution is 0.152. The Kier molecular flexibility index (Phi) is 8.24. The molecule has 0 bridgehead atoms. The summed E-state index contributed by atoms with van der Waals surface area (Å²) in [5, 5.41) is 0. The summed E-state index contributed by atoms with van der Waals surface area (Å²) in [4.78, 5) is 2.54. The summed E-state index contributed by atoms with van der Waals surface area (Å²) in [7, 11) is -2.92. The molecule has 0 saturated carbocycles. The molecule has 1 heterocycles. The maximum atomic E-state index is 11.4. The minimum absolute atomic E-state index is 0. The Hall–Kier alpha value is -0.580. The standard InChI is InChI=1S/C19H31NO2S.ClH/c1-15(2)18-9-11-20(12-10-18)13-17-5-7-19(8-6-17)16(3)14-23(4,21)22;/h5-8,15-16,18H,9-14H2,1-4H3;1H/t16-;/m0./s1. The fourth-order valence-corrected chi connectivity index (χ4v) is 4.64. The molecule has 0 N–H and O–H groups in total. The van der Waals surface area contributed by atoms with Gasteiger partial charge in [0.2, 0.25) is 0 Å². The van der Waals surface area contributed by atoms with Gasteiger partial charge in [0.05, 0.1) is 5.75 Å². The molecule has 1 aromatic rings. The van der Waals surface area contributed by atoms with E-state index < -0.39 is 9.84 Å². The van der Waals surface area contributed by atoms with Crippen LogP contribution in [0, 0.1) is 11.8 Å². The van der Waals surface area contributed by atoms with Gasteiger partial charge in [-0.15, -0.1) is 12.4 Å². The van der Waals surface area contributed by atoms with Crippen LogP contribution >= 0.6 is 12.4 Å². The number of hydrogen-bond acceptors (Lipinski definition) is 3. The van der Waals surface area contributed by atoms with Crippen LogP contribution in [0.15, 0.2) is 24.3 Å². The van der Waals surface area contributed by atoms with Gasteiger partial charge in [-0.25, -0.2) is 8.42 Å². The predicted molar refractivity (Wildman–Crippen MR) is 105 cm³/mol. The second-order valence-corrected chi connectivity index (χ2v) is 9.78. The molecule has 0 amide bonds. The summed E-state index contributed by atoms with van der Waals surface area (Å²) in [6.07, 6.45) is 3.92. The van der Waals surface area contributed by atoms with Crippen molar-refractivity contribution in [3.63, 3.8) is 0 Å². The molecular formula is C19H32ClNO2S. The first-order chi connectivity index (χ1) is 10.7. The van der Waals surface area contributed by atoms with Crippen LogP contribution in [0.2, 0.25) is 0 Å². The summed E-state index contributed by atoms with van der Waals surface area (Å²) in [6.45, 7) is 10.0. The van der Waals surface area contributed by atoms with E-state index in [1.165, 1.54) is 37.8 Å². The van der Waals surface area contributed by atoms with Crippen molar-refractivity contribution in [1.82, 2.24) is 4.90 Å². The molecule has 1 aromatic carbocycles. The van der Waals surface area contributed by atoms with E-state index in [-0.39, 0.29) is 24.1 Å². The highest BCUT2D eigenvalue weighted by Gasteiger charge is 2.21. The Morgan fingerprint density at radius 3 is 2.08 bits per heavy atom. The van der Waals surface area contributed by atoms with E-state index in [1.807, 2.05) is 6.92 Å². The molecule has 0 spiro atoms. The SMILES string of the molecule is CC(C)C1CCN(Cc2ccc([C@@H](C)CS(C)(=O)=O)cc2)CC1.Cl. The number of piperidine rings is 1. The third-order valence-corrected chi connectivity index (χ3v) is 6.19. The Morgan fingerprint density at radius 1 is 1.08 bits per heavy atom. The van der Waals surface area contributed by atoms with Crippen LogP contribution in [0.3, 0.4) is 0 Å². The molecule has 1 saturated heterocycles. The van der Waals surface area contributed by atoms with Crippen molar-refractivity contribution >= 4 is 22.2 Å². The van der Waals surface area contributed by atoms with E-state index >= 15 is 0 Å². The van der Waals surface area contributed by atoms with E-state index in [2.05, 4.69) is 43.0 Å². The van der Waals surface area contributed by atoms with Gasteiger partial charge in [0.25, 0.3) is 0 Å². The fourth-order valence-electron chi connectivity index (χ4n) is 3.54. The van der Waals surface area contributed by atoms with Crippen molar-refractivity contribution in [2.24, 2.45) is 11.8 Å². The minimum atomic E-state index is -2.92. The van der Waals surface area contributed by atoms with Crippen molar-refractivity contribution in [2.45, 2.75) is 46.1 Å². The monoisotopic (exact) mass is 373 g/mol. The quantitative estimate of drug-likeness (QED) is 0.752. The molecule has 1 fully saturated rings. The first-order valence-electron chi connectivity index (χ1n) is 8.73. The average molecular weight is 374 g/mol. The van der Waals surface area contributed by atoms with Crippen LogP contribution in [0.25, 0.3) is 0 Å². The Balaban J connectivity index is 0.00000288. The number of sulfone groups is 1. The number of halogens is 1. The number of likely N-dealkylation sites (tertiary alicyclic amines) is 1. The van der Waals surface area contributed by atoms with Crippen LogP contribution in [0.1, 0.15) is 50.7 Å². The van der Waals surface area contributed by atoms with Gasteiger partial charge in [-0.2, -0.15) is 0 Å². The maximum absolute atomic E-state index is 11.4. The Morgan fingerprint density at radius 2 is 1.62 bits per heavy atom. The van der Waals surface area contributed by atoms with E-state index in [0.717, 1.165) is 23.9 Å². The fraction of sp³-hybridized carbons (Fsp3) is 0.684. The summed E-state index contributed by atoms with van der Waals surface area (Å²) < 4.78 is 22.8. The first-order valence-corrected chi connectivity index (χ1v) is 10.8. The van der Waals surface area contributed by atoms with Crippen LogP contribution in [0.5, 0.6) is 0 Å². The third-order valence-electron chi connectivity index (χ3n) is 5.08. The molecule has 0 unspecified atom stereocenters. The summed E-state index contributed by atoms with van der Waals surface area (Å²) in [6, 6.07) is 8.49. The van der Waals surface area contributed by atoms with E-state index in [1.54, 1.807) is 0 Å². The minimum Gasteiger partial charge on any atom is -0.299 e. The molecule has 1 aliphatic heterocycles. The molecule has 1 aliphatic rings. The van der Waals surface area contributed by atoms with Crippen LogP contribution in [-0.2, 0) is 16.4 Å². The molecule has 3 nitrogen and oxygen atoms in total.